The van der Waals surface area contributed by atoms with Gasteiger partial charge in [-0.3, -0.25) is 4.90 Å². The predicted octanol–water partition coefficient (Wildman–Crippen LogP) is 4.15. The molecule has 26 heavy (non-hydrogen) atoms. The third-order valence-electron chi connectivity index (χ3n) is 4.12. The number of hydrogen-bond donors (Lipinski definition) is 0. The molecule has 0 atom stereocenters. The molecule has 5 nitrogen and oxygen atoms in total. The summed E-state index contributed by atoms with van der Waals surface area (Å²) in [5.41, 5.74) is 1.18. The topological polar surface area (TPSA) is 45.9 Å². The number of nitrogens with zero attached hydrogens (tertiary/aromatic N) is 2. The smallest absolute Gasteiger partial charge is 0.374 e. The van der Waals surface area contributed by atoms with Crippen LogP contribution < -0.4 is 4.90 Å². The van der Waals surface area contributed by atoms with Crippen molar-refractivity contribution in [3.05, 3.63) is 53.4 Å². The third kappa shape index (κ3) is 6.40. The lowest BCUT2D eigenvalue weighted by Gasteiger charge is -2.36. The van der Waals surface area contributed by atoms with Crippen molar-refractivity contribution in [2.24, 2.45) is 0 Å². The van der Waals surface area contributed by atoms with Crippen LogP contribution in [0.25, 0.3) is 0 Å². The number of ether oxygens (including phenoxy) is 1. The van der Waals surface area contributed by atoms with Gasteiger partial charge in [0.2, 0.25) is 5.76 Å². The first-order valence-corrected chi connectivity index (χ1v) is 8.54. The molecule has 1 aromatic carbocycles. The Balaban J connectivity index is 0.00000169. The van der Waals surface area contributed by atoms with Crippen LogP contribution in [0.1, 0.15) is 17.0 Å². The standard InChI is InChI=1S/C18H21ClN2O3.2ClH/c19-15-4-1-5-16(14-15)21-10-8-20(9-11-21)7-3-13-24-18(22)17-6-2-12-23-17;;/h1-2,4-6,12,14H,3,7-11,13H2;2*1H. The molecule has 0 saturated carbocycles. The summed E-state index contributed by atoms with van der Waals surface area (Å²) in [7, 11) is 0. The number of halogens is 3. The van der Waals surface area contributed by atoms with Crippen molar-refractivity contribution < 1.29 is 13.9 Å². The average molecular weight is 422 g/mol. The second-order valence-electron chi connectivity index (χ2n) is 5.78. The largest absolute Gasteiger partial charge is 0.460 e. The van der Waals surface area contributed by atoms with Gasteiger partial charge in [-0.25, -0.2) is 4.79 Å². The zero-order chi connectivity index (χ0) is 16.8. The summed E-state index contributed by atoms with van der Waals surface area (Å²) in [4.78, 5) is 16.4. The van der Waals surface area contributed by atoms with Crippen LogP contribution in [-0.2, 0) is 4.74 Å². The fourth-order valence-corrected chi connectivity index (χ4v) is 3.01. The molecule has 8 heteroatoms. The maximum absolute atomic E-state index is 11.6. The molecule has 1 aliphatic heterocycles. The van der Waals surface area contributed by atoms with E-state index in [1.807, 2.05) is 18.2 Å². The zero-order valence-corrected chi connectivity index (χ0v) is 16.7. The fourth-order valence-electron chi connectivity index (χ4n) is 2.82. The highest BCUT2D eigenvalue weighted by Crippen LogP contribution is 2.20. The molecular weight excluding hydrogens is 399 g/mol. The Kier molecular flexibility index (Phi) is 9.88. The summed E-state index contributed by atoms with van der Waals surface area (Å²) in [5.74, 6) is -0.143. The maximum Gasteiger partial charge on any atom is 0.374 e. The normalized spacial score (nSPS) is 14.3. The minimum Gasteiger partial charge on any atom is -0.460 e. The van der Waals surface area contributed by atoms with E-state index in [1.165, 1.54) is 12.0 Å². The number of carbonyl (C=O) groups excluding carboxylic acids is 1. The number of benzene rings is 1. The van der Waals surface area contributed by atoms with Crippen molar-refractivity contribution in [3.8, 4) is 0 Å². The van der Waals surface area contributed by atoms with Crippen LogP contribution in [0, 0.1) is 0 Å². The lowest BCUT2D eigenvalue weighted by Crippen LogP contribution is -2.46. The van der Waals surface area contributed by atoms with Gasteiger partial charge < -0.3 is 14.1 Å². The molecular formula is C18H23Cl3N2O3. The number of rotatable bonds is 6. The number of furan rings is 1. The summed E-state index contributed by atoms with van der Waals surface area (Å²) in [6.45, 7) is 5.29. The minimum absolute atomic E-state index is 0. The van der Waals surface area contributed by atoms with E-state index < -0.39 is 5.97 Å². The molecule has 0 bridgehead atoms. The van der Waals surface area contributed by atoms with Gasteiger partial charge in [-0.2, -0.15) is 0 Å². The molecule has 144 valence electrons. The summed E-state index contributed by atoms with van der Waals surface area (Å²) in [6.07, 6.45) is 2.29. The average Bonchev–Trinajstić information content (AvgIpc) is 3.14. The Morgan fingerprint density at radius 3 is 2.54 bits per heavy atom. The van der Waals surface area contributed by atoms with Gasteiger partial charge in [-0.15, -0.1) is 24.8 Å². The summed E-state index contributed by atoms with van der Waals surface area (Å²) in [6, 6.07) is 11.3. The lowest BCUT2D eigenvalue weighted by molar-refractivity contribution is 0.0451. The van der Waals surface area contributed by atoms with E-state index in [0.29, 0.717) is 6.61 Å². The third-order valence-corrected chi connectivity index (χ3v) is 4.35. The summed E-state index contributed by atoms with van der Waals surface area (Å²) in [5, 5.41) is 0.772. The van der Waals surface area contributed by atoms with E-state index in [0.717, 1.165) is 44.2 Å². The monoisotopic (exact) mass is 420 g/mol. The quantitative estimate of drug-likeness (QED) is 0.518. The minimum atomic E-state index is -0.397. The molecule has 0 amide bonds. The van der Waals surface area contributed by atoms with Crippen LogP contribution in [0.5, 0.6) is 0 Å². The summed E-state index contributed by atoms with van der Waals surface area (Å²) < 4.78 is 10.2. The van der Waals surface area contributed by atoms with Crippen molar-refractivity contribution in [2.45, 2.75) is 6.42 Å². The molecule has 0 unspecified atom stereocenters. The van der Waals surface area contributed by atoms with Crippen LogP contribution in [0.3, 0.4) is 0 Å². The highest BCUT2D eigenvalue weighted by molar-refractivity contribution is 6.30. The molecule has 0 N–H and O–H groups in total. The molecule has 0 radical (unpaired) electrons. The number of anilines is 1. The van der Waals surface area contributed by atoms with Crippen molar-refractivity contribution in [1.82, 2.24) is 4.90 Å². The number of piperazine rings is 1. The molecule has 1 aromatic heterocycles. The van der Waals surface area contributed by atoms with Crippen LogP contribution in [0.15, 0.2) is 47.1 Å². The molecule has 2 aromatic rings. The van der Waals surface area contributed by atoms with E-state index >= 15 is 0 Å². The van der Waals surface area contributed by atoms with E-state index in [2.05, 4.69) is 15.9 Å². The van der Waals surface area contributed by atoms with Gasteiger partial charge >= 0.3 is 5.97 Å². The molecule has 2 heterocycles. The van der Waals surface area contributed by atoms with E-state index in [-0.39, 0.29) is 30.6 Å². The van der Waals surface area contributed by atoms with Gasteiger partial charge in [-0.05, 0) is 36.8 Å². The Morgan fingerprint density at radius 2 is 1.88 bits per heavy atom. The van der Waals surface area contributed by atoms with Crippen LogP contribution in [0.2, 0.25) is 5.02 Å². The highest BCUT2D eigenvalue weighted by Gasteiger charge is 2.17. The molecule has 0 spiro atoms. The SMILES string of the molecule is Cl.Cl.O=C(OCCCN1CCN(c2cccc(Cl)c2)CC1)c1ccco1. The molecule has 0 aliphatic carbocycles. The van der Waals surface area contributed by atoms with Crippen molar-refractivity contribution >= 4 is 48.1 Å². The fraction of sp³-hybridized carbons (Fsp3) is 0.389. The predicted molar refractivity (Wildman–Crippen MR) is 108 cm³/mol. The lowest BCUT2D eigenvalue weighted by atomic mass is 10.2. The van der Waals surface area contributed by atoms with Crippen LogP contribution >= 0.6 is 36.4 Å². The van der Waals surface area contributed by atoms with Crippen LogP contribution in [0.4, 0.5) is 5.69 Å². The van der Waals surface area contributed by atoms with Crippen molar-refractivity contribution in [2.75, 3.05) is 44.2 Å². The van der Waals surface area contributed by atoms with Gasteiger partial charge in [0.15, 0.2) is 0 Å². The van der Waals surface area contributed by atoms with Gasteiger partial charge in [0.05, 0.1) is 12.9 Å². The Morgan fingerprint density at radius 1 is 1.12 bits per heavy atom. The molecule has 3 rings (SSSR count). The van der Waals surface area contributed by atoms with Gasteiger partial charge in [0.1, 0.15) is 0 Å². The van der Waals surface area contributed by atoms with E-state index in [4.69, 9.17) is 20.8 Å². The zero-order valence-electron chi connectivity index (χ0n) is 14.3. The molecule has 1 aliphatic rings. The maximum atomic E-state index is 11.6. The van der Waals surface area contributed by atoms with Gasteiger partial charge in [0.25, 0.3) is 0 Å². The Hall–Kier alpha value is -1.40. The first-order valence-electron chi connectivity index (χ1n) is 8.16. The van der Waals surface area contributed by atoms with Crippen molar-refractivity contribution in [1.29, 1.82) is 0 Å². The second-order valence-corrected chi connectivity index (χ2v) is 6.21. The summed E-state index contributed by atoms with van der Waals surface area (Å²) >= 11 is 6.05. The van der Waals surface area contributed by atoms with Gasteiger partial charge in [-0.1, -0.05) is 17.7 Å². The number of carbonyl (C=O) groups is 1. The van der Waals surface area contributed by atoms with E-state index in [1.54, 1.807) is 12.1 Å². The van der Waals surface area contributed by atoms with E-state index in [9.17, 15) is 4.79 Å². The first-order chi connectivity index (χ1) is 11.7. The number of hydrogen-bond acceptors (Lipinski definition) is 5. The first kappa shape index (κ1) is 22.6. The molecule has 1 fully saturated rings. The Bertz CT molecular complexity index is 659. The van der Waals surface area contributed by atoms with Crippen LogP contribution in [-0.4, -0.2) is 50.2 Å². The number of esters is 1. The second kappa shape index (κ2) is 11.3. The van der Waals surface area contributed by atoms with Crippen molar-refractivity contribution in [3.63, 3.8) is 0 Å². The highest BCUT2D eigenvalue weighted by atomic mass is 35.5. The molecule has 1 saturated heterocycles. The Labute approximate surface area is 171 Å². The van der Waals surface area contributed by atoms with Gasteiger partial charge in [0, 0.05) is 43.4 Å².